The number of rotatable bonds is 7. The molecule has 1 aliphatic heterocycles. The van der Waals surface area contributed by atoms with E-state index in [-0.39, 0.29) is 0 Å². The van der Waals surface area contributed by atoms with Crippen LogP contribution in [0.25, 0.3) is 0 Å². The van der Waals surface area contributed by atoms with E-state index in [1.807, 2.05) is 0 Å². The van der Waals surface area contributed by atoms with Gasteiger partial charge in [-0.3, -0.25) is 0 Å². The van der Waals surface area contributed by atoms with Crippen LogP contribution < -0.4 is 5.32 Å². The van der Waals surface area contributed by atoms with E-state index in [1.165, 1.54) is 49.3 Å². The van der Waals surface area contributed by atoms with Gasteiger partial charge in [0.25, 0.3) is 0 Å². The van der Waals surface area contributed by atoms with E-state index in [0.29, 0.717) is 0 Å². The summed E-state index contributed by atoms with van der Waals surface area (Å²) in [4.78, 5) is 0. The van der Waals surface area contributed by atoms with Crippen molar-refractivity contribution in [2.24, 2.45) is 5.92 Å². The maximum Gasteiger partial charge on any atom is 0.0107 e. The topological polar surface area (TPSA) is 12.0 Å². The Hall–Kier alpha value is -0.470. The summed E-state index contributed by atoms with van der Waals surface area (Å²) in [7, 11) is 0. The molecule has 2 atom stereocenters. The minimum atomic E-state index is 0.722. The summed E-state index contributed by atoms with van der Waals surface area (Å²) in [5, 5.41) is 3.77. The van der Waals surface area contributed by atoms with Crippen molar-refractivity contribution in [3.8, 4) is 0 Å². The maximum absolute atomic E-state index is 3.77. The predicted molar refractivity (Wildman–Crippen MR) is 82.3 cm³/mol. The Morgan fingerprint density at radius 2 is 2.17 bits per heavy atom. The molecule has 1 heterocycles. The Kier molecular flexibility index (Phi) is 6.09. The van der Waals surface area contributed by atoms with Crippen LogP contribution in [0.3, 0.4) is 0 Å². The van der Waals surface area contributed by atoms with Crippen molar-refractivity contribution in [2.45, 2.75) is 38.6 Å². The van der Waals surface area contributed by atoms with Crippen molar-refractivity contribution in [3.05, 3.63) is 35.9 Å². The first-order chi connectivity index (χ1) is 8.90. The minimum Gasteiger partial charge on any atom is -0.314 e. The molecule has 0 bridgehead atoms. The van der Waals surface area contributed by atoms with Crippen LogP contribution in [0.4, 0.5) is 0 Å². The molecule has 0 aliphatic carbocycles. The fourth-order valence-electron chi connectivity index (χ4n) is 2.67. The van der Waals surface area contributed by atoms with Gasteiger partial charge in [-0.15, -0.1) is 0 Å². The molecular formula is C16H25NS. The van der Waals surface area contributed by atoms with E-state index < -0.39 is 0 Å². The third-order valence-electron chi connectivity index (χ3n) is 3.78. The lowest BCUT2D eigenvalue weighted by Crippen LogP contribution is -2.37. The highest BCUT2D eigenvalue weighted by Crippen LogP contribution is 2.28. The molecule has 2 unspecified atom stereocenters. The van der Waals surface area contributed by atoms with Crippen molar-refractivity contribution in [2.75, 3.05) is 18.1 Å². The van der Waals surface area contributed by atoms with E-state index in [4.69, 9.17) is 0 Å². The summed E-state index contributed by atoms with van der Waals surface area (Å²) in [5.74, 6) is 3.61. The third kappa shape index (κ3) is 4.33. The van der Waals surface area contributed by atoms with E-state index in [2.05, 4.69) is 54.3 Å². The zero-order valence-corrected chi connectivity index (χ0v) is 12.2. The summed E-state index contributed by atoms with van der Waals surface area (Å²) >= 11 is 2.13. The number of thioether (sulfide) groups is 1. The zero-order chi connectivity index (χ0) is 12.6. The first kappa shape index (κ1) is 14.0. The van der Waals surface area contributed by atoms with Crippen LogP contribution in [0.5, 0.6) is 0 Å². The van der Waals surface area contributed by atoms with Crippen LogP contribution in [0.15, 0.2) is 30.3 Å². The standard InChI is InChI=1S/C16H25NS/c1-2-11-17-16(15-10-12-18-13-15)9-8-14-6-4-3-5-7-14/h3-7,15-17H,2,8-13H2,1H3. The Morgan fingerprint density at radius 1 is 1.33 bits per heavy atom. The largest absolute Gasteiger partial charge is 0.314 e. The fourth-order valence-corrected chi connectivity index (χ4v) is 4.01. The van der Waals surface area contributed by atoms with Gasteiger partial charge in [-0.2, -0.15) is 11.8 Å². The molecule has 0 radical (unpaired) electrons. The average Bonchev–Trinajstić information content (AvgIpc) is 2.94. The quantitative estimate of drug-likeness (QED) is 0.804. The molecule has 1 saturated heterocycles. The average molecular weight is 263 g/mol. The molecule has 0 aromatic heterocycles. The zero-order valence-electron chi connectivity index (χ0n) is 11.4. The molecule has 1 nitrogen and oxygen atoms in total. The molecule has 100 valence electrons. The molecule has 0 amide bonds. The van der Waals surface area contributed by atoms with Gasteiger partial charge in [0, 0.05) is 6.04 Å². The van der Waals surface area contributed by atoms with Crippen molar-refractivity contribution < 1.29 is 0 Å². The second-order valence-electron chi connectivity index (χ2n) is 5.21. The smallest absolute Gasteiger partial charge is 0.0107 e. The van der Waals surface area contributed by atoms with E-state index in [0.717, 1.165) is 12.0 Å². The summed E-state index contributed by atoms with van der Waals surface area (Å²) in [5.41, 5.74) is 1.48. The van der Waals surface area contributed by atoms with Crippen molar-refractivity contribution in [3.63, 3.8) is 0 Å². The van der Waals surface area contributed by atoms with Crippen LogP contribution in [-0.2, 0) is 6.42 Å². The molecule has 1 N–H and O–H groups in total. The number of hydrogen-bond donors (Lipinski definition) is 1. The van der Waals surface area contributed by atoms with Crippen LogP contribution in [0.2, 0.25) is 0 Å². The second kappa shape index (κ2) is 7.85. The number of aryl methyl sites for hydroxylation is 1. The van der Waals surface area contributed by atoms with Gasteiger partial charge in [-0.25, -0.2) is 0 Å². The molecule has 0 saturated carbocycles. The van der Waals surface area contributed by atoms with Gasteiger partial charge in [0.1, 0.15) is 0 Å². The molecule has 2 heteroatoms. The van der Waals surface area contributed by atoms with Crippen molar-refractivity contribution in [1.82, 2.24) is 5.32 Å². The lowest BCUT2D eigenvalue weighted by atomic mass is 9.93. The summed E-state index contributed by atoms with van der Waals surface area (Å²) in [6.45, 7) is 3.42. The summed E-state index contributed by atoms with van der Waals surface area (Å²) in [6, 6.07) is 11.6. The molecule has 2 rings (SSSR count). The van der Waals surface area contributed by atoms with Crippen LogP contribution in [0, 0.1) is 5.92 Å². The Labute approximate surface area is 116 Å². The van der Waals surface area contributed by atoms with Gasteiger partial charge in [-0.1, -0.05) is 37.3 Å². The SMILES string of the molecule is CCCNC(CCc1ccccc1)C1CCSC1. The van der Waals surface area contributed by atoms with Crippen LogP contribution >= 0.6 is 11.8 Å². The molecule has 1 fully saturated rings. The Morgan fingerprint density at radius 3 is 2.83 bits per heavy atom. The summed E-state index contributed by atoms with van der Waals surface area (Å²) < 4.78 is 0. The van der Waals surface area contributed by atoms with Crippen molar-refractivity contribution in [1.29, 1.82) is 0 Å². The highest BCUT2D eigenvalue weighted by Gasteiger charge is 2.24. The van der Waals surface area contributed by atoms with Gasteiger partial charge < -0.3 is 5.32 Å². The second-order valence-corrected chi connectivity index (χ2v) is 6.36. The lowest BCUT2D eigenvalue weighted by Gasteiger charge is -2.24. The monoisotopic (exact) mass is 263 g/mol. The van der Waals surface area contributed by atoms with Crippen LogP contribution in [0.1, 0.15) is 31.7 Å². The molecule has 1 aromatic carbocycles. The number of benzene rings is 1. The molecule has 0 spiro atoms. The highest BCUT2D eigenvalue weighted by atomic mass is 32.2. The molecule has 1 aromatic rings. The van der Waals surface area contributed by atoms with Crippen LogP contribution in [-0.4, -0.2) is 24.1 Å². The van der Waals surface area contributed by atoms with Gasteiger partial charge in [0.05, 0.1) is 0 Å². The third-order valence-corrected chi connectivity index (χ3v) is 4.97. The number of hydrogen-bond acceptors (Lipinski definition) is 2. The van der Waals surface area contributed by atoms with E-state index in [9.17, 15) is 0 Å². The van der Waals surface area contributed by atoms with Crippen molar-refractivity contribution >= 4 is 11.8 Å². The first-order valence-corrected chi connectivity index (χ1v) is 8.40. The van der Waals surface area contributed by atoms with E-state index in [1.54, 1.807) is 0 Å². The normalized spacial score (nSPS) is 21.1. The predicted octanol–water partition coefficient (Wildman–Crippen LogP) is 3.74. The Balaban J connectivity index is 1.84. The molecule has 18 heavy (non-hydrogen) atoms. The Bertz CT molecular complexity index is 319. The number of nitrogens with one attached hydrogen (secondary N) is 1. The first-order valence-electron chi connectivity index (χ1n) is 7.25. The van der Waals surface area contributed by atoms with Gasteiger partial charge in [0.15, 0.2) is 0 Å². The molecule has 1 aliphatic rings. The lowest BCUT2D eigenvalue weighted by molar-refractivity contribution is 0.362. The van der Waals surface area contributed by atoms with E-state index >= 15 is 0 Å². The molecular weight excluding hydrogens is 238 g/mol. The summed E-state index contributed by atoms with van der Waals surface area (Å²) in [6.07, 6.45) is 5.14. The highest BCUT2D eigenvalue weighted by molar-refractivity contribution is 7.99. The fraction of sp³-hybridized carbons (Fsp3) is 0.625. The minimum absolute atomic E-state index is 0.722. The van der Waals surface area contributed by atoms with Gasteiger partial charge in [0.2, 0.25) is 0 Å². The van der Waals surface area contributed by atoms with Gasteiger partial charge >= 0.3 is 0 Å². The van der Waals surface area contributed by atoms with Gasteiger partial charge in [-0.05, 0) is 55.2 Å². The maximum atomic E-state index is 3.77.